The maximum absolute atomic E-state index is 5.76. The number of morpholine rings is 1. The van der Waals surface area contributed by atoms with Crippen molar-refractivity contribution in [3.63, 3.8) is 0 Å². The molecular formula is C15H24N2O. The summed E-state index contributed by atoms with van der Waals surface area (Å²) < 4.78 is 5.76. The van der Waals surface area contributed by atoms with Gasteiger partial charge in [-0.05, 0) is 32.0 Å². The second-order valence-electron chi connectivity index (χ2n) is 5.30. The number of nitrogens with one attached hydrogen (secondary N) is 1. The Kier molecular flexibility index (Phi) is 4.75. The van der Waals surface area contributed by atoms with Gasteiger partial charge in [-0.3, -0.25) is 4.90 Å². The molecule has 1 N–H and O–H groups in total. The van der Waals surface area contributed by atoms with E-state index in [-0.39, 0.29) is 0 Å². The molecule has 1 aromatic rings. The maximum atomic E-state index is 5.76. The molecule has 0 unspecified atom stereocenters. The second kappa shape index (κ2) is 6.32. The van der Waals surface area contributed by atoms with E-state index in [9.17, 15) is 0 Å². The van der Waals surface area contributed by atoms with Crippen LogP contribution >= 0.6 is 0 Å². The molecule has 0 saturated carbocycles. The first-order valence-corrected chi connectivity index (χ1v) is 6.77. The lowest BCUT2D eigenvalue weighted by atomic mass is 10.1. The van der Waals surface area contributed by atoms with Crippen LogP contribution in [0.3, 0.4) is 0 Å². The zero-order valence-electron chi connectivity index (χ0n) is 11.6. The lowest BCUT2D eigenvalue weighted by Gasteiger charge is -2.35. The molecule has 1 fully saturated rings. The fourth-order valence-electron chi connectivity index (χ4n) is 2.64. The molecule has 1 aromatic carbocycles. The third-order valence-corrected chi connectivity index (χ3v) is 3.31. The zero-order valence-corrected chi connectivity index (χ0v) is 11.6. The monoisotopic (exact) mass is 248 g/mol. The Morgan fingerprint density at radius 2 is 1.67 bits per heavy atom. The Labute approximate surface area is 110 Å². The van der Waals surface area contributed by atoms with Gasteiger partial charge < -0.3 is 10.1 Å². The number of ether oxygens (including phenoxy) is 1. The fourth-order valence-corrected chi connectivity index (χ4v) is 2.64. The van der Waals surface area contributed by atoms with Gasteiger partial charge in [-0.15, -0.1) is 0 Å². The van der Waals surface area contributed by atoms with Crippen molar-refractivity contribution in [2.75, 3.05) is 20.1 Å². The molecular weight excluding hydrogens is 224 g/mol. The van der Waals surface area contributed by atoms with Gasteiger partial charge in [-0.25, -0.2) is 0 Å². The van der Waals surface area contributed by atoms with Gasteiger partial charge in [-0.2, -0.15) is 0 Å². The fraction of sp³-hybridized carbons (Fsp3) is 0.600. The van der Waals surface area contributed by atoms with Crippen LogP contribution in [0.2, 0.25) is 0 Å². The third kappa shape index (κ3) is 3.80. The molecule has 2 atom stereocenters. The Morgan fingerprint density at radius 3 is 2.22 bits per heavy atom. The van der Waals surface area contributed by atoms with Crippen LogP contribution in [0, 0.1) is 0 Å². The highest BCUT2D eigenvalue weighted by Crippen LogP contribution is 2.14. The summed E-state index contributed by atoms with van der Waals surface area (Å²) in [5.41, 5.74) is 2.72. The van der Waals surface area contributed by atoms with Crippen molar-refractivity contribution in [3.8, 4) is 0 Å². The van der Waals surface area contributed by atoms with Crippen LogP contribution in [0.25, 0.3) is 0 Å². The van der Waals surface area contributed by atoms with Gasteiger partial charge in [0.05, 0.1) is 12.2 Å². The summed E-state index contributed by atoms with van der Waals surface area (Å²) in [6.45, 7) is 8.33. The number of hydrogen-bond donors (Lipinski definition) is 1. The van der Waals surface area contributed by atoms with E-state index in [0.717, 1.165) is 26.2 Å². The highest BCUT2D eigenvalue weighted by Gasteiger charge is 2.21. The first-order valence-electron chi connectivity index (χ1n) is 6.77. The highest BCUT2D eigenvalue weighted by atomic mass is 16.5. The normalized spacial score (nSPS) is 25.3. The van der Waals surface area contributed by atoms with Crippen LogP contribution in [-0.2, 0) is 17.8 Å². The van der Waals surface area contributed by atoms with E-state index in [1.165, 1.54) is 11.1 Å². The van der Waals surface area contributed by atoms with Gasteiger partial charge in [0.1, 0.15) is 0 Å². The van der Waals surface area contributed by atoms with Crippen LogP contribution in [0.15, 0.2) is 24.3 Å². The van der Waals surface area contributed by atoms with Gasteiger partial charge in [0.2, 0.25) is 0 Å². The first-order chi connectivity index (χ1) is 8.67. The van der Waals surface area contributed by atoms with Crippen LogP contribution in [-0.4, -0.2) is 37.2 Å². The highest BCUT2D eigenvalue weighted by molar-refractivity contribution is 5.22. The van der Waals surface area contributed by atoms with E-state index in [1.54, 1.807) is 0 Å². The topological polar surface area (TPSA) is 24.5 Å². The lowest BCUT2D eigenvalue weighted by molar-refractivity contribution is -0.0704. The van der Waals surface area contributed by atoms with Crippen molar-refractivity contribution < 1.29 is 4.74 Å². The average molecular weight is 248 g/mol. The van der Waals surface area contributed by atoms with Crippen LogP contribution in [0.4, 0.5) is 0 Å². The number of nitrogens with zero attached hydrogens (tertiary/aromatic N) is 1. The molecule has 0 aromatic heterocycles. The van der Waals surface area contributed by atoms with Gasteiger partial charge in [-0.1, -0.05) is 24.3 Å². The summed E-state index contributed by atoms with van der Waals surface area (Å²) in [5.74, 6) is 0. The molecule has 0 amide bonds. The summed E-state index contributed by atoms with van der Waals surface area (Å²) in [4.78, 5) is 2.48. The van der Waals surface area contributed by atoms with Gasteiger partial charge >= 0.3 is 0 Å². The molecule has 2 rings (SSSR count). The molecule has 1 heterocycles. The van der Waals surface area contributed by atoms with Crippen molar-refractivity contribution >= 4 is 0 Å². The third-order valence-electron chi connectivity index (χ3n) is 3.31. The van der Waals surface area contributed by atoms with Crippen molar-refractivity contribution in [1.29, 1.82) is 0 Å². The summed E-state index contributed by atoms with van der Waals surface area (Å²) in [6, 6.07) is 8.88. The predicted octanol–water partition coefficient (Wildman–Crippen LogP) is 2.02. The Morgan fingerprint density at radius 1 is 1.11 bits per heavy atom. The molecule has 1 aliphatic rings. The zero-order chi connectivity index (χ0) is 13.0. The van der Waals surface area contributed by atoms with Gasteiger partial charge in [0, 0.05) is 26.2 Å². The molecule has 0 radical (unpaired) electrons. The first kappa shape index (κ1) is 13.5. The molecule has 0 bridgehead atoms. The van der Waals surface area contributed by atoms with E-state index < -0.39 is 0 Å². The Hall–Kier alpha value is -0.900. The Balaban J connectivity index is 1.92. The minimum Gasteiger partial charge on any atom is -0.373 e. The SMILES string of the molecule is CNCc1ccc(CN2C[C@H](C)O[C@@H](C)C2)cc1. The van der Waals surface area contributed by atoms with Crippen LogP contribution in [0.1, 0.15) is 25.0 Å². The molecule has 0 spiro atoms. The number of hydrogen-bond acceptors (Lipinski definition) is 3. The van der Waals surface area contributed by atoms with E-state index in [1.807, 2.05) is 7.05 Å². The van der Waals surface area contributed by atoms with Crippen LogP contribution < -0.4 is 5.32 Å². The van der Waals surface area contributed by atoms with Crippen LogP contribution in [0.5, 0.6) is 0 Å². The van der Waals surface area contributed by atoms with E-state index in [4.69, 9.17) is 4.74 Å². The van der Waals surface area contributed by atoms with Crippen molar-refractivity contribution in [2.24, 2.45) is 0 Å². The molecule has 1 aliphatic heterocycles. The summed E-state index contributed by atoms with van der Waals surface area (Å²) >= 11 is 0. The minimum absolute atomic E-state index is 0.345. The number of benzene rings is 1. The van der Waals surface area contributed by atoms with Crippen molar-refractivity contribution in [2.45, 2.75) is 39.1 Å². The molecule has 0 aliphatic carbocycles. The smallest absolute Gasteiger partial charge is 0.0678 e. The maximum Gasteiger partial charge on any atom is 0.0678 e. The number of rotatable bonds is 4. The largest absolute Gasteiger partial charge is 0.373 e. The second-order valence-corrected chi connectivity index (χ2v) is 5.30. The van der Waals surface area contributed by atoms with Crippen molar-refractivity contribution in [1.82, 2.24) is 10.2 Å². The van der Waals surface area contributed by atoms with Gasteiger partial charge in [0.15, 0.2) is 0 Å². The summed E-state index contributed by atoms with van der Waals surface area (Å²) in [5, 5.41) is 3.17. The lowest BCUT2D eigenvalue weighted by Crippen LogP contribution is -2.44. The molecule has 100 valence electrons. The Bertz CT molecular complexity index is 353. The average Bonchev–Trinajstić information content (AvgIpc) is 2.31. The molecule has 3 heteroatoms. The summed E-state index contributed by atoms with van der Waals surface area (Å²) in [7, 11) is 1.98. The van der Waals surface area contributed by atoms with Gasteiger partial charge in [0.25, 0.3) is 0 Å². The van der Waals surface area contributed by atoms with Crippen molar-refractivity contribution in [3.05, 3.63) is 35.4 Å². The standard InChI is InChI=1S/C15H24N2O/c1-12-9-17(10-13(2)18-12)11-15-6-4-14(5-7-15)8-16-3/h4-7,12-13,16H,8-11H2,1-3H3/t12-,13-/m0/s1. The van der Waals surface area contributed by atoms with E-state index in [2.05, 4.69) is 48.3 Å². The summed E-state index contributed by atoms with van der Waals surface area (Å²) in [6.07, 6.45) is 0.689. The van der Waals surface area contributed by atoms with E-state index >= 15 is 0 Å². The minimum atomic E-state index is 0.345. The molecule has 18 heavy (non-hydrogen) atoms. The predicted molar refractivity (Wildman–Crippen MR) is 74.5 cm³/mol. The van der Waals surface area contributed by atoms with E-state index in [0.29, 0.717) is 12.2 Å². The quantitative estimate of drug-likeness (QED) is 0.882. The molecule has 1 saturated heterocycles. The molecule has 3 nitrogen and oxygen atoms in total.